The van der Waals surface area contributed by atoms with Gasteiger partial charge in [0, 0.05) is 30.2 Å². The smallest absolute Gasteiger partial charge is 0.251 e. The van der Waals surface area contributed by atoms with E-state index in [2.05, 4.69) is 37.2 Å². The van der Waals surface area contributed by atoms with Crippen molar-refractivity contribution in [1.29, 1.82) is 0 Å². The Morgan fingerprint density at radius 3 is 1.69 bits per heavy atom. The van der Waals surface area contributed by atoms with E-state index in [4.69, 9.17) is 21.9 Å². The number of aliphatic hydroxyl groups is 4. The van der Waals surface area contributed by atoms with E-state index in [0.29, 0.717) is 70.3 Å². The highest BCUT2D eigenvalue weighted by Crippen LogP contribution is 2.29. The minimum Gasteiger partial charge on any atom is -0.394 e. The van der Waals surface area contributed by atoms with Crippen molar-refractivity contribution in [3.63, 3.8) is 0 Å². The lowest BCUT2D eigenvalue weighted by Crippen LogP contribution is -2.67. The van der Waals surface area contributed by atoms with Crippen LogP contribution in [0.1, 0.15) is 115 Å². The van der Waals surface area contributed by atoms with E-state index in [0.717, 1.165) is 5.56 Å². The van der Waals surface area contributed by atoms with Gasteiger partial charge in [-0.2, -0.15) is 0 Å². The number of rotatable bonds is 37. The minimum atomic E-state index is -1.48. The van der Waals surface area contributed by atoms with Crippen molar-refractivity contribution >= 4 is 52.6 Å². The van der Waals surface area contributed by atoms with Crippen LogP contribution < -0.4 is 54.4 Å². The molecule has 1 aromatic rings. The van der Waals surface area contributed by atoms with E-state index >= 15 is 0 Å². The van der Waals surface area contributed by atoms with Gasteiger partial charge in [-0.15, -0.1) is 11.8 Å². The maximum Gasteiger partial charge on any atom is 0.251 e. The van der Waals surface area contributed by atoms with Crippen molar-refractivity contribution in [2.24, 2.45) is 35.0 Å². The van der Waals surface area contributed by atoms with Gasteiger partial charge in [-0.1, -0.05) is 60.1 Å². The number of thioether (sulfide) groups is 1. The predicted molar refractivity (Wildman–Crippen MR) is 275 cm³/mol. The molecule has 11 atom stereocenters. The highest BCUT2D eigenvalue weighted by molar-refractivity contribution is 7.99. The first-order chi connectivity index (χ1) is 34.1. The molecule has 17 N–H and O–H groups in total. The molecule has 1 heterocycles. The SMILES string of the molecule is CNC(NC(NC(=O)C(CCCCN)NC(NC(NC(=O)C(NC(=O)c1ccc(CCS[C@@H]2O[C@H](CO)[C@@H](O)[C@H](O)[C@H]2O)cc1)C(C)C)C(=O)C(C)C)C(=O)C(C)C)C(=O)CCCCN)C(=O)CCCCN. The van der Waals surface area contributed by atoms with Crippen molar-refractivity contribution < 1.29 is 58.7 Å². The number of amides is 3. The number of benzene rings is 1. The van der Waals surface area contributed by atoms with E-state index in [1.54, 1.807) is 72.9 Å². The summed E-state index contributed by atoms with van der Waals surface area (Å²) >= 11 is 1.20. The molecule has 1 fully saturated rings. The maximum atomic E-state index is 14.3. The van der Waals surface area contributed by atoms with Gasteiger partial charge < -0.3 is 58.3 Å². The number of aryl methyl sites for hydroxylation is 1. The Labute approximate surface area is 429 Å². The summed E-state index contributed by atoms with van der Waals surface area (Å²) in [4.78, 5) is 96.8. The van der Waals surface area contributed by atoms with Crippen LogP contribution in [-0.4, -0.2) is 167 Å². The fraction of sp³-hybridized carbons (Fsp3) is 0.735. The van der Waals surface area contributed by atoms with Gasteiger partial charge in [0.1, 0.15) is 60.6 Å². The van der Waals surface area contributed by atoms with Crippen LogP contribution in [-0.2, 0) is 39.9 Å². The number of carbonyl (C=O) groups excluding carboxylic acids is 7. The Morgan fingerprint density at radius 1 is 0.639 bits per heavy atom. The zero-order valence-corrected chi connectivity index (χ0v) is 44.0. The third-order valence-electron chi connectivity index (χ3n) is 12.2. The summed E-state index contributed by atoms with van der Waals surface area (Å²) in [5.74, 6) is -4.88. The lowest BCUT2D eigenvalue weighted by molar-refractivity contribution is -0.205. The summed E-state index contributed by atoms with van der Waals surface area (Å²) in [5, 5.41) is 60.2. The molecule has 0 spiro atoms. The lowest BCUT2D eigenvalue weighted by atomic mass is 10.00. The van der Waals surface area contributed by atoms with Gasteiger partial charge in [0.15, 0.2) is 23.1 Å². The van der Waals surface area contributed by atoms with E-state index in [9.17, 15) is 54.0 Å². The van der Waals surface area contributed by atoms with Crippen molar-refractivity contribution in [3.05, 3.63) is 35.4 Å². The molecular formula is C49H86N10O12S. The van der Waals surface area contributed by atoms with Crippen LogP contribution >= 0.6 is 11.8 Å². The summed E-state index contributed by atoms with van der Waals surface area (Å²) in [6, 6.07) is 4.31. The average molecular weight is 1040 g/mol. The molecule has 22 nitrogen and oxygen atoms in total. The monoisotopic (exact) mass is 1040 g/mol. The fourth-order valence-electron chi connectivity index (χ4n) is 7.67. The Balaban J connectivity index is 2.35. The topological polar surface area (TPSA) is 372 Å². The fourth-order valence-corrected chi connectivity index (χ4v) is 8.84. The first kappa shape index (κ1) is 64.3. The Bertz CT molecular complexity index is 1850. The number of likely N-dealkylation sites (N-methyl/N-ethyl adjacent to an activating group) is 1. The first-order valence-electron chi connectivity index (χ1n) is 25.3. The van der Waals surface area contributed by atoms with E-state index in [1.807, 2.05) is 0 Å². The first-order valence-corrected chi connectivity index (χ1v) is 26.3. The maximum absolute atomic E-state index is 14.3. The predicted octanol–water partition coefficient (Wildman–Crippen LogP) is -1.61. The summed E-state index contributed by atoms with van der Waals surface area (Å²) in [6.45, 7) is 10.5. The number of hydrogen-bond donors (Lipinski definition) is 14. The average Bonchev–Trinajstić information content (AvgIpc) is 3.35. The highest BCUT2D eigenvalue weighted by Gasteiger charge is 2.43. The number of Topliss-reactive ketones (excluding diaryl/α,β-unsaturated/α-hetero) is 4. The molecule has 0 saturated carbocycles. The number of carbonyl (C=O) groups is 7. The third kappa shape index (κ3) is 21.2. The zero-order valence-electron chi connectivity index (χ0n) is 43.2. The van der Waals surface area contributed by atoms with Crippen molar-refractivity contribution in [1.82, 2.24) is 37.2 Å². The molecule has 6 unspecified atom stereocenters. The molecule has 410 valence electrons. The summed E-state index contributed by atoms with van der Waals surface area (Å²) in [5.41, 5.74) is 17.3. The van der Waals surface area contributed by atoms with Crippen LogP contribution in [0, 0.1) is 17.8 Å². The van der Waals surface area contributed by atoms with E-state index in [1.165, 1.54) is 11.8 Å². The van der Waals surface area contributed by atoms with Gasteiger partial charge in [-0.05, 0) is 101 Å². The van der Waals surface area contributed by atoms with Gasteiger partial charge in [0.05, 0.1) is 12.6 Å². The van der Waals surface area contributed by atoms with Crippen molar-refractivity contribution in [2.45, 2.75) is 172 Å². The summed E-state index contributed by atoms with van der Waals surface area (Å²) in [6.07, 6.45) is -6.53. The van der Waals surface area contributed by atoms with Gasteiger partial charge in [0.25, 0.3) is 5.91 Å². The van der Waals surface area contributed by atoms with Gasteiger partial charge >= 0.3 is 0 Å². The Morgan fingerprint density at radius 2 is 1.17 bits per heavy atom. The molecule has 1 aliphatic rings. The molecule has 72 heavy (non-hydrogen) atoms. The van der Waals surface area contributed by atoms with Crippen molar-refractivity contribution in [3.8, 4) is 0 Å². The molecule has 2 rings (SSSR count). The van der Waals surface area contributed by atoms with Crippen LogP contribution in [0.5, 0.6) is 0 Å². The second-order valence-corrected chi connectivity index (χ2v) is 20.3. The van der Waals surface area contributed by atoms with Crippen LogP contribution in [0.3, 0.4) is 0 Å². The molecular weight excluding hydrogens is 953 g/mol. The molecule has 1 saturated heterocycles. The number of ether oxygens (including phenoxy) is 1. The summed E-state index contributed by atoms with van der Waals surface area (Å²) in [7, 11) is 1.55. The second-order valence-electron chi connectivity index (χ2n) is 19.1. The molecule has 0 radical (unpaired) electrons. The molecule has 0 aliphatic carbocycles. The third-order valence-corrected chi connectivity index (χ3v) is 13.4. The van der Waals surface area contributed by atoms with Crippen LogP contribution in [0.4, 0.5) is 0 Å². The minimum absolute atomic E-state index is 0.0514. The number of unbranched alkanes of at least 4 members (excludes halogenated alkanes) is 3. The normalized spacial score (nSPS) is 20.6. The Kier molecular flexibility index (Phi) is 30.3. The Hall–Kier alpha value is -3.82. The molecule has 1 aromatic carbocycles. The van der Waals surface area contributed by atoms with Gasteiger partial charge in [-0.3, -0.25) is 54.8 Å². The standard InChI is InChI=1S/C49H86N10O12S/c1-27(2)36(55-46(68)31-19-17-30(18-20-31)21-25-72-49-41(67)40(66)39(65)35(26-60)71-49)48(70)59-45(38(64)29(5)6)57-44(37(63)28(3)4)54-32(14-8-11-22-50)47(69)58-43(34(62)16-10-13-24-52)56-42(53-7)33(61)15-9-12-23-51/h17-20,27-29,32,35-36,39-45,49,53-54,56-57,60,65-67H,8-16,21-26,50-52H2,1-7H3,(H,55,68)(H,58,69)(H,59,70)/t32?,35-,36?,39-,40+,41-,42?,43?,44?,45?,49+/m1/s1. The number of nitrogens with two attached hydrogens (primary N) is 3. The molecule has 0 bridgehead atoms. The molecule has 23 heteroatoms. The number of ketones is 4. The number of aliphatic hydroxyl groups excluding tert-OH is 4. The van der Waals surface area contributed by atoms with Gasteiger partial charge in [0.2, 0.25) is 11.8 Å². The lowest BCUT2D eigenvalue weighted by Gasteiger charge is -2.39. The molecule has 0 aromatic heterocycles. The second kappa shape index (κ2) is 33.9. The highest BCUT2D eigenvalue weighted by atomic mass is 32.2. The quantitative estimate of drug-likeness (QED) is 0.0263. The van der Waals surface area contributed by atoms with Crippen LogP contribution in [0.25, 0.3) is 0 Å². The number of hydrogen-bond acceptors (Lipinski definition) is 20. The van der Waals surface area contributed by atoms with Crippen LogP contribution in [0.15, 0.2) is 24.3 Å². The molecule has 3 amide bonds. The number of nitrogens with one attached hydrogen (secondary N) is 7. The van der Waals surface area contributed by atoms with Gasteiger partial charge in [-0.25, -0.2) is 0 Å². The van der Waals surface area contributed by atoms with E-state index < -0.39 is 126 Å². The molecule has 1 aliphatic heterocycles. The van der Waals surface area contributed by atoms with Crippen LogP contribution in [0.2, 0.25) is 0 Å². The zero-order chi connectivity index (χ0) is 54.1. The van der Waals surface area contributed by atoms with E-state index in [-0.39, 0.29) is 30.6 Å². The largest absolute Gasteiger partial charge is 0.394 e. The summed E-state index contributed by atoms with van der Waals surface area (Å²) < 4.78 is 5.56. The van der Waals surface area contributed by atoms with Crippen molar-refractivity contribution in [2.75, 3.05) is 39.0 Å².